The van der Waals surface area contributed by atoms with Crippen LogP contribution in [0, 0.1) is 17.5 Å². The minimum Gasteiger partial charge on any atom is -0.477 e. The first kappa shape index (κ1) is 15.3. The molecule has 10 heteroatoms. The van der Waals surface area contributed by atoms with Crippen LogP contribution < -0.4 is 4.72 Å². The molecule has 0 radical (unpaired) electrons. The molecule has 112 valence electrons. The number of sulfonamides is 1. The summed E-state index contributed by atoms with van der Waals surface area (Å²) in [6.07, 6.45) is 0. The molecule has 0 saturated carbocycles. The number of halogens is 3. The summed E-state index contributed by atoms with van der Waals surface area (Å²) < 4.78 is 64.9. The standard InChI is InChI=1S/C11H6F3NO4S2/c12-6-1-2-8(10(14)9(6)13)21(18,19)15-5-3-7(11(16)17)20-4-5/h1-4,15H,(H,16,17). The molecule has 0 aliphatic carbocycles. The number of anilines is 1. The molecule has 2 rings (SSSR count). The van der Waals surface area contributed by atoms with Gasteiger partial charge in [0.15, 0.2) is 17.5 Å². The Balaban J connectivity index is 2.38. The topological polar surface area (TPSA) is 83.5 Å². The maximum Gasteiger partial charge on any atom is 0.345 e. The zero-order chi connectivity index (χ0) is 15.8. The average Bonchev–Trinajstić information content (AvgIpc) is 2.83. The summed E-state index contributed by atoms with van der Waals surface area (Å²) in [6.45, 7) is 0. The lowest BCUT2D eigenvalue weighted by molar-refractivity contribution is 0.0702. The highest BCUT2D eigenvalue weighted by molar-refractivity contribution is 7.92. The third-order valence-electron chi connectivity index (χ3n) is 2.35. The molecule has 2 N–H and O–H groups in total. The van der Waals surface area contributed by atoms with Gasteiger partial charge < -0.3 is 5.11 Å². The van der Waals surface area contributed by atoms with Crippen LogP contribution in [0.4, 0.5) is 18.9 Å². The summed E-state index contributed by atoms with van der Waals surface area (Å²) in [4.78, 5) is 9.45. The number of aromatic carboxylic acids is 1. The third kappa shape index (κ3) is 3.00. The molecule has 0 spiro atoms. The van der Waals surface area contributed by atoms with E-state index in [1.54, 1.807) is 0 Å². The fourth-order valence-corrected chi connectivity index (χ4v) is 3.29. The van der Waals surface area contributed by atoms with Gasteiger partial charge in [-0.05, 0) is 18.2 Å². The van der Waals surface area contributed by atoms with Gasteiger partial charge in [0.25, 0.3) is 10.0 Å². The van der Waals surface area contributed by atoms with Gasteiger partial charge >= 0.3 is 5.97 Å². The van der Waals surface area contributed by atoms with Crippen molar-refractivity contribution in [3.63, 3.8) is 0 Å². The van der Waals surface area contributed by atoms with Crippen molar-refractivity contribution >= 4 is 33.0 Å². The first-order valence-corrected chi connectivity index (χ1v) is 7.57. The van der Waals surface area contributed by atoms with Crippen molar-refractivity contribution in [3.05, 3.63) is 45.9 Å². The summed E-state index contributed by atoms with van der Waals surface area (Å²) in [7, 11) is -4.51. The summed E-state index contributed by atoms with van der Waals surface area (Å²) in [5.41, 5.74) is -0.124. The molecular formula is C11H6F3NO4S2. The number of hydrogen-bond acceptors (Lipinski definition) is 4. The smallest absolute Gasteiger partial charge is 0.345 e. The molecule has 21 heavy (non-hydrogen) atoms. The van der Waals surface area contributed by atoms with Crippen LogP contribution in [-0.2, 0) is 10.0 Å². The number of carboxylic acid groups (broad SMARTS) is 1. The Labute approximate surface area is 120 Å². The Hall–Kier alpha value is -2.07. The molecule has 0 saturated heterocycles. The van der Waals surface area contributed by atoms with Gasteiger partial charge in [0, 0.05) is 5.38 Å². The van der Waals surface area contributed by atoms with Crippen LogP contribution in [0.2, 0.25) is 0 Å². The fourth-order valence-electron chi connectivity index (χ4n) is 1.43. The second-order valence-electron chi connectivity index (χ2n) is 3.78. The minimum absolute atomic E-state index is 0.124. The van der Waals surface area contributed by atoms with Crippen molar-refractivity contribution in [3.8, 4) is 0 Å². The lowest BCUT2D eigenvalue weighted by Crippen LogP contribution is -2.15. The van der Waals surface area contributed by atoms with Crippen molar-refractivity contribution < 1.29 is 31.5 Å². The van der Waals surface area contributed by atoms with Crippen LogP contribution in [0.25, 0.3) is 0 Å². The van der Waals surface area contributed by atoms with E-state index in [4.69, 9.17) is 5.11 Å². The summed E-state index contributed by atoms with van der Waals surface area (Å²) in [6, 6.07) is 2.06. The van der Waals surface area contributed by atoms with Gasteiger partial charge in [-0.15, -0.1) is 11.3 Å². The molecule has 0 atom stereocenters. The average molecular weight is 337 g/mol. The SMILES string of the molecule is O=C(O)c1cc(NS(=O)(=O)c2ccc(F)c(F)c2F)cs1. The van der Waals surface area contributed by atoms with Crippen molar-refractivity contribution in [2.75, 3.05) is 4.72 Å². The second-order valence-corrected chi connectivity index (χ2v) is 6.35. The molecule has 5 nitrogen and oxygen atoms in total. The normalized spacial score (nSPS) is 11.4. The molecule has 0 amide bonds. The predicted molar refractivity (Wildman–Crippen MR) is 68.4 cm³/mol. The fraction of sp³-hybridized carbons (Fsp3) is 0. The molecule has 0 unspecified atom stereocenters. The first-order chi connectivity index (χ1) is 9.72. The van der Waals surface area contributed by atoms with Crippen LogP contribution >= 0.6 is 11.3 Å². The number of nitrogens with one attached hydrogen (secondary N) is 1. The number of carbonyl (C=O) groups is 1. The highest BCUT2D eigenvalue weighted by atomic mass is 32.2. The largest absolute Gasteiger partial charge is 0.477 e. The number of thiophene rings is 1. The van der Waals surface area contributed by atoms with Crippen LogP contribution in [0.5, 0.6) is 0 Å². The van der Waals surface area contributed by atoms with E-state index < -0.39 is 38.3 Å². The Morgan fingerprint density at radius 2 is 1.86 bits per heavy atom. The van der Waals surface area contributed by atoms with E-state index >= 15 is 0 Å². The molecule has 0 bridgehead atoms. The van der Waals surface area contributed by atoms with E-state index in [1.807, 2.05) is 4.72 Å². The van der Waals surface area contributed by atoms with Crippen molar-refractivity contribution in [1.29, 1.82) is 0 Å². The highest BCUT2D eigenvalue weighted by Gasteiger charge is 2.24. The monoisotopic (exact) mass is 337 g/mol. The molecule has 0 aliphatic rings. The molecular weight excluding hydrogens is 331 g/mol. The number of carboxylic acids is 1. The predicted octanol–water partition coefficient (Wildman–Crippen LogP) is 2.66. The molecule has 2 aromatic rings. The van der Waals surface area contributed by atoms with E-state index in [9.17, 15) is 26.4 Å². The van der Waals surface area contributed by atoms with E-state index in [0.29, 0.717) is 12.1 Å². The number of hydrogen-bond donors (Lipinski definition) is 2. The van der Waals surface area contributed by atoms with Gasteiger partial charge in [0.2, 0.25) is 0 Å². The Morgan fingerprint density at radius 3 is 2.43 bits per heavy atom. The molecule has 0 aliphatic heterocycles. The van der Waals surface area contributed by atoms with Crippen LogP contribution in [-0.4, -0.2) is 19.5 Å². The molecule has 1 aromatic carbocycles. The lowest BCUT2D eigenvalue weighted by atomic mass is 10.3. The van der Waals surface area contributed by atoms with E-state index in [1.165, 1.54) is 5.38 Å². The van der Waals surface area contributed by atoms with Crippen LogP contribution in [0.15, 0.2) is 28.5 Å². The summed E-state index contributed by atoms with van der Waals surface area (Å²) >= 11 is 0.749. The zero-order valence-corrected chi connectivity index (χ0v) is 11.6. The van der Waals surface area contributed by atoms with Gasteiger partial charge in [-0.3, -0.25) is 4.72 Å². The highest BCUT2D eigenvalue weighted by Crippen LogP contribution is 2.25. The van der Waals surface area contributed by atoms with Gasteiger partial charge in [-0.25, -0.2) is 26.4 Å². The van der Waals surface area contributed by atoms with Crippen LogP contribution in [0.3, 0.4) is 0 Å². The van der Waals surface area contributed by atoms with Crippen LogP contribution in [0.1, 0.15) is 9.67 Å². The summed E-state index contributed by atoms with van der Waals surface area (Å²) in [5.74, 6) is -6.54. The summed E-state index contributed by atoms with van der Waals surface area (Å²) in [5, 5.41) is 9.89. The van der Waals surface area contributed by atoms with Gasteiger partial charge in [0.05, 0.1) is 5.69 Å². The quantitative estimate of drug-likeness (QED) is 0.840. The Morgan fingerprint density at radius 1 is 1.19 bits per heavy atom. The second kappa shape index (κ2) is 5.37. The minimum atomic E-state index is -4.51. The maximum atomic E-state index is 13.5. The molecule has 0 fully saturated rings. The zero-order valence-electron chi connectivity index (χ0n) is 9.93. The van der Waals surface area contributed by atoms with E-state index in [0.717, 1.165) is 17.4 Å². The van der Waals surface area contributed by atoms with Gasteiger partial charge in [-0.2, -0.15) is 0 Å². The Kier molecular flexibility index (Phi) is 3.92. The number of benzene rings is 1. The maximum absolute atomic E-state index is 13.5. The number of rotatable bonds is 4. The van der Waals surface area contributed by atoms with Gasteiger partial charge in [-0.1, -0.05) is 0 Å². The molecule has 1 aromatic heterocycles. The van der Waals surface area contributed by atoms with Crippen molar-refractivity contribution in [2.24, 2.45) is 0 Å². The lowest BCUT2D eigenvalue weighted by Gasteiger charge is -2.07. The van der Waals surface area contributed by atoms with Crippen molar-refractivity contribution in [1.82, 2.24) is 0 Å². The van der Waals surface area contributed by atoms with Crippen molar-refractivity contribution in [2.45, 2.75) is 4.90 Å². The van der Waals surface area contributed by atoms with Gasteiger partial charge in [0.1, 0.15) is 9.77 Å². The van der Waals surface area contributed by atoms with E-state index in [-0.39, 0.29) is 10.6 Å². The Bertz CT molecular complexity index is 817. The first-order valence-electron chi connectivity index (χ1n) is 5.20. The molecule has 1 heterocycles. The third-order valence-corrected chi connectivity index (χ3v) is 4.67. The van der Waals surface area contributed by atoms with E-state index in [2.05, 4.69) is 0 Å².